The zero-order valence-corrected chi connectivity index (χ0v) is 37.4. The molecule has 0 N–H and O–H groups in total. The lowest BCUT2D eigenvalue weighted by Crippen LogP contribution is -2.33. The molecule has 0 saturated carbocycles. The minimum Gasteiger partial charge on any atom is -0.466 e. The zero-order chi connectivity index (χ0) is 40.1. The van der Waals surface area contributed by atoms with Gasteiger partial charge in [0.25, 0.3) is 0 Å². The molecule has 0 aromatic carbocycles. The smallest absolute Gasteiger partial charge is 0.306 e. The van der Waals surface area contributed by atoms with Gasteiger partial charge in [-0.3, -0.25) is 9.59 Å². The summed E-state index contributed by atoms with van der Waals surface area (Å²) in [6.07, 6.45) is 39.9. The standard InChI is InChI=1S/C48H93NO6/c1-6-9-12-15-18-19-20-26-34-41-52-46(50)37-31-27-33-40-48(53-43-45(55-48)42-49(4)5)39-32-25-21-24-30-38-47(51)54-44(35-28-22-16-13-10-7-2)36-29-23-17-14-11-8-3/h44-45H,6-43H2,1-5H3. The zero-order valence-electron chi connectivity index (χ0n) is 37.4. The number of likely N-dealkylation sites (N-methyl/N-ethyl adjacent to an activating group) is 1. The average molecular weight is 780 g/mol. The molecular weight excluding hydrogens is 687 g/mol. The van der Waals surface area contributed by atoms with Crippen molar-refractivity contribution >= 4 is 11.9 Å². The van der Waals surface area contributed by atoms with Crippen molar-refractivity contribution in [1.82, 2.24) is 4.90 Å². The summed E-state index contributed by atoms with van der Waals surface area (Å²) in [5, 5.41) is 0. The lowest BCUT2D eigenvalue weighted by atomic mass is 9.99. The summed E-state index contributed by atoms with van der Waals surface area (Å²) in [5.74, 6) is -0.557. The second-order valence-corrected chi connectivity index (χ2v) is 17.3. The van der Waals surface area contributed by atoms with Crippen LogP contribution in [-0.2, 0) is 28.5 Å². The SMILES string of the molecule is CCCCCCCCCCCOC(=O)CCCCCC1(CCCCCCCC(=O)OC(CCCCCCCC)CCCCCCCC)OCC(CN(C)C)O1. The molecule has 2 atom stereocenters. The summed E-state index contributed by atoms with van der Waals surface area (Å²) in [7, 11) is 4.17. The summed E-state index contributed by atoms with van der Waals surface area (Å²) < 4.78 is 24.6. The summed E-state index contributed by atoms with van der Waals surface area (Å²) in [6, 6.07) is 0. The number of ether oxygens (including phenoxy) is 4. The summed E-state index contributed by atoms with van der Waals surface area (Å²) >= 11 is 0. The molecular formula is C48H93NO6. The van der Waals surface area contributed by atoms with Gasteiger partial charge in [-0.15, -0.1) is 0 Å². The van der Waals surface area contributed by atoms with Crippen molar-refractivity contribution in [2.75, 3.05) is 33.9 Å². The third-order valence-corrected chi connectivity index (χ3v) is 11.4. The van der Waals surface area contributed by atoms with Gasteiger partial charge in [0.2, 0.25) is 0 Å². The lowest BCUT2D eigenvalue weighted by Gasteiger charge is -2.29. The Bertz CT molecular complexity index is 851. The summed E-state index contributed by atoms with van der Waals surface area (Å²) in [5.41, 5.74) is 0. The van der Waals surface area contributed by atoms with Crippen LogP contribution < -0.4 is 0 Å². The Balaban J connectivity index is 2.30. The monoisotopic (exact) mass is 780 g/mol. The molecule has 0 amide bonds. The first-order valence-corrected chi connectivity index (χ1v) is 24.2. The van der Waals surface area contributed by atoms with Crippen LogP contribution in [0.2, 0.25) is 0 Å². The van der Waals surface area contributed by atoms with Crippen molar-refractivity contribution in [2.24, 2.45) is 0 Å². The van der Waals surface area contributed by atoms with E-state index in [0.717, 1.165) is 96.4 Å². The molecule has 55 heavy (non-hydrogen) atoms. The van der Waals surface area contributed by atoms with Crippen molar-refractivity contribution in [1.29, 1.82) is 0 Å². The third kappa shape index (κ3) is 31.5. The van der Waals surface area contributed by atoms with Gasteiger partial charge in [0.05, 0.1) is 19.3 Å². The molecule has 326 valence electrons. The number of hydrogen-bond acceptors (Lipinski definition) is 7. The minimum absolute atomic E-state index is 0.00711. The molecule has 0 aliphatic carbocycles. The largest absolute Gasteiger partial charge is 0.466 e. The number of esters is 2. The molecule has 2 unspecified atom stereocenters. The molecule has 0 aromatic heterocycles. The van der Waals surface area contributed by atoms with Crippen LogP contribution in [0.5, 0.6) is 0 Å². The highest BCUT2D eigenvalue weighted by atomic mass is 16.7. The molecule has 1 aliphatic rings. The number of carbonyl (C=O) groups is 2. The van der Waals surface area contributed by atoms with Gasteiger partial charge < -0.3 is 23.8 Å². The van der Waals surface area contributed by atoms with Gasteiger partial charge in [-0.1, -0.05) is 162 Å². The van der Waals surface area contributed by atoms with Gasteiger partial charge >= 0.3 is 11.9 Å². The van der Waals surface area contributed by atoms with E-state index < -0.39 is 5.79 Å². The first-order valence-electron chi connectivity index (χ1n) is 24.2. The topological polar surface area (TPSA) is 74.3 Å². The molecule has 1 fully saturated rings. The lowest BCUT2D eigenvalue weighted by molar-refractivity contribution is -0.180. The fourth-order valence-electron chi connectivity index (χ4n) is 8.02. The van der Waals surface area contributed by atoms with Crippen LogP contribution in [0.15, 0.2) is 0 Å². The van der Waals surface area contributed by atoms with E-state index in [1.165, 1.54) is 122 Å². The van der Waals surface area contributed by atoms with Gasteiger partial charge in [-0.25, -0.2) is 0 Å². The van der Waals surface area contributed by atoms with Crippen molar-refractivity contribution in [2.45, 2.75) is 263 Å². The fourth-order valence-corrected chi connectivity index (χ4v) is 8.02. The highest BCUT2D eigenvalue weighted by Crippen LogP contribution is 2.35. The van der Waals surface area contributed by atoms with Crippen LogP contribution in [0.3, 0.4) is 0 Å². The van der Waals surface area contributed by atoms with Gasteiger partial charge in [0.15, 0.2) is 5.79 Å². The van der Waals surface area contributed by atoms with Gasteiger partial charge in [-0.05, 0) is 71.9 Å². The van der Waals surface area contributed by atoms with Crippen molar-refractivity contribution < 1.29 is 28.5 Å². The Morgan fingerprint density at radius 1 is 0.564 bits per heavy atom. The van der Waals surface area contributed by atoms with E-state index in [4.69, 9.17) is 18.9 Å². The fraction of sp³-hybridized carbons (Fsp3) is 0.958. The second-order valence-electron chi connectivity index (χ2n) is 17.3. The Labute approximate surface area is 341 Å². The van der Waals surface area contributed by atoms with Gasteiger partial charge in [-0.2, -0.15) is 0 Å². The Hall–Kier alpha value is -1.18. The van der Waals surface area contributed by atoms with E-state index in [0.29, 0.717) is 26.1 Å². The Morgan fingerprint density at radius 3 is 1.49 bits per heavy atom. The van der Waals surface area contributed by atoms with Crippen LogP contribution in [-0.4, -0.2) is 68.7 Å². The predicted octanol–water partition coefficient (Wildman–Crippen LogP) is 13.8. The van der Waals surface area contributed by atoms with Crippen molar-refractivity contribution in [3.05, 3.63) is 0 Å². The first-order chi connectivity index (χ1) is 26.8. The predicted molar refractivity (Wildman–Crippen MR) is 232 cm³/mol. The number of hydrogen-bond donors (Lipinski definition) is 0. The Kier molecular flexibility index (Phi) is 35.0. The van der Waals surface area contributed by atoms with Crippen molar-refractivity contribution in [3.63, 3.8) is 0 Å². The molecule has 0 bridgehead atoms. The number of unbranched alkanes of at least 4 members (excludes halogenated alkanes) is 24. The van der Waals surface area contributed by atoms with E-state index >= 15 is 0 Å². The van der Waals surface area contributed by atoms with Crippen LogP contribution in [0, 0.1) is 0 Å². The highest BCUT2D eigenvalue weighted by Gasteiger charge is 2.40. The highest BCUT2D eigenvalue weighted by molar-refractivity contribution is 5.69. The molecule has 0 aromatic rings. The molecule has 1 aliphatic heterocycles. The maximum Gasteiger partial charge on any atom is 0.306 e. The minimum atomic E-state index is -0.512. The number of nitrogens with zero attached hydrogens (tertiary/aromatic N) is 1. The van der Waals surface area contributed by atoms with E-state index in [-0.39, 0.29) is 24.1 Å². The normalized spacial score (nSPS) is 17.1. The van der Waals surface area contributed by atoms with Crippen molar-refractivity contribution in [3.8, 4) is 0 Å². The first kappa shape index (κ1) is 51.8. The van der Waals surface area contributed by atoms with E-state index in [9.17, 15) is 9.59 Å². The maximum atomic E-state index is 12.8. The maximum absolute atomic E-state index is 12.8. The van der Waals surface area contributed by atoms with E-state index in [1.54, 1.807) is 0 Å². The van der Waals surface area contributed by atoms with Gasteiger partial charge in [0, 0.05) is 32.2 Å². The Morgan fingerprint density at radius 2 is 0.982 bits per heavy atom. The third-order valence-electron chi connectivity index (χ3n) is 11.4. The average Bonchev–Trinajstić information content (AvgIpc) is 3.55. The van der Waals surface area contributed by atoms with Crippen LogP contribution in [0.1, 0.15) is 245 Å². The molecule has 7 heteroatoms. The molecule has 1 saturated heterocycles. The van der Waals surface area contributed by atoms with Gasteiger partial charge in [0.1, 0.15) is 6.10 Å². The van der Waals surface area contributed by atoms with Crippen LogP contribution >= 0.6 is 0 Å². The van der Waals surface area contributed by atoms with E-state index in [2.05, 4.69) is 39.8 Å². The van der Waals surface area contributed by atoms with E-state index in [1.807, 2.05) is 0 Å². The molecule has 0 spiro atoms. The van der Waals surface area contributed by atoms with Crippen LogP contribution in [0.25, 0.3) is 0 Å². The molecule has 1 rings (SSSR count). The summed E-state index contributed by atoms with van der Waals surface area (Å²) in [6.45, 7) is 8.86. The quantitative estimate of drug-likeness (QED) is 0.0452. The molecule has 7 nitrogen and oxygen atoms in total. The summed E-state index contributed by atoms with van der Waals surface area (Å²) in [4.78, 5) is 27.3. The number of carbonyl (C=O) groups excluding carboxylic acids is 2. The number of rotatable bonds is 41. The molecule has 1 heterocycles. The second kappa shape index (κ2) is 37.1. The molecule has 0 radical (unpaired) electrons. The van der Waals surface area contributed by atoms with Crippen LogP contribution in [0.4, 0.5) is 0 Å².